The molecule has 0 amide bonds. The van der Waals surface area contributed by atoms with Crippen molar-refractivity contribution in [3.63, 3.8) is 0 Å². The molecule has 0 atom stereocenters. The fourth-order valence-corrected chi connectivity index (χ4v) is 13.0. The molecular formula is C52H41N3O5S3. The van der Waals surface area contributed by atoms with E-state index in [-0.39, 0.29) is 14.6 Å². The molecule has 63 heavy (non-hydrogen) atoms. The molecule has 0 spiro atoms. The molecular weight excluding hydrogens is 843 g/mol. The first-order valence-electron chi connectivity index (χ1n) is 21.0. The summed E-state index contributed by atoms with van der Waals surface area (Å²) >= 11 is 4.39. The van der Waals surface area contributed by atoms with Gasteiger partial charge >= 0.3 is 11.9 Å². The normalized spacial score (nSPS) is 14.1. The van der Waals surface area contributed by atoms with Gasteiger partial charge in [0, 0.05) is 43.5 Å². The van der Waals surface area contributed by atoms with E-state index in [1.165, 1.54) is 94.3 Å². The average Bonchev–Trinajstić information content (AvgIpc) is 3.89. The zero-order valence-electron chi connectivity index (χ0n) is 34.8. The largest absolute Gasteiger partial charge is 0.480 e. The van der Waals surface area contributed by atoms with Crippen molar-refractivity contribution in [2.45, 2.75) is 58.4 Å². The van der Waals surface area contributed by atoms with Crippen LogP contribution in [-0.2, 0) is 21.5 Å². The van der Waals surface area contributed by atoms with Crippen molar-refractivity contribution >= 4 is 120 Å². The standard InChI is InChI=1S/C52H41N3O5S3/c1-4-5-6-9-18-54-41-11-8-7-10-39(41)52(2,3)40-24-31(16-17-42(40)54)30-14-15-33-26-44-37(23-35(33)21-30)48-47(62-44)36-22-34-19-29(12-13-32(34)25-43(36)61-48)20-45-49(58)55(28-46(56)57)50(63-45)38(27-53)51(59)60/h7-8,10-17,19-26H,4-6,9,18,28H2,1-3H3,(H,56,57)(H,59,60)/b45-20+,50-38+. The number of anilines is 2. The Morgan fingerprint density at radius 2 is 1.38 bits per heavy atom. The average molecular weight is 884 g/mol. The number of carbonyl (C=O) groups is 2. The molecule has 0 unspecified atom stereocenters. The summed E-state index contributed by atoms with van der Waals surface area (Å²) in [7, 11) is 0. The van der Waals surface area contributed by atoms with Crippen LogP contribution in [0.2, 0.25) is 0 Å². The lowest BCUT2D eigenvalue weighted by Crippen LogP contribution is -2.35. The lowest BCUT2D eigenvalue weighted by atomic mass is 9.73. The van der Waals surface area contributed by atoms with Crippen LogP contribution in [0, 0.1) is 11.3 Å². The molecule has 6 aromatic carbocycles. The summed E-state index contributed by atoms with van der Waals surface area (Å²) in [6.45, 7) is 7.22. The fourth-order valence-electron chi connectivity index (χ4n) is 9.26. The van der Waals surface area contributed by atoms with E-state index in [2.05, 4.69) is 111 Å². The number of hydrogen-bond acceptors (Lipinski definition) is 8. The molecule has 3 aromatic heterocycles. The van der Waals surface area contributed by atoms with E-state index >= 15 is 0 Å². The first kappa shape index (κ1) is 40.5. The van der Waals surface area contributed by atoms with E-state index in [0.29, 0.717) is 5.56 Å². The predicted octanol–water partition coefficient (Wildman–Crippen LogP) is 11.5. The van der Waals surface area contributed by atoms with Crippen molar-refractivity contribution in [3.8, 4) is 17.2 Å². The molecule has 0 radical (unpaired) electrons. The molecule has 0 fully saturated rings. The van der Waals surface area contributed by atoms with Crippen molar-refractivity contribution in [2.24, 2.45) is 0 Å². The van der Waals surface area contributed by atoms with Gasteiger partial charge in [-0.05, 0) is 116 Å². The summed E-state index contributed by atoms with van der Waals surface area (Å²) in [5.74, 6) is -2.84. The molecule has 4 heterocycles. The first-order chi connectivity index (χ1) is 30.4. The molecule has 312 valence electrons. The number of thiophene rings is 2. The number of aliphatic carboxylic acids is 2. The van der Waals surface area contributed by atoms with Gasteiger partial charge in [0.05, 0.1) is 13.9 Å². The number of rotatable bonds is 10. The van der Waals surface area contributed by atoms with Crippen LogP contribution in [0.4, 0.5) is 11.4 Å². The first-order valence-corrected chi connectivity index (χ1v) is 23.5. The number of nitriles is 1. The maximum Gasteiger partial charge on any atom is 0.349 e. The second-order valence-electron chi connectivity index (χ2n) is 16.8. The molecule has 0 aliphatic carbocycles. The Labute approximate surface area is 374 Å². The second kappa shape index (κ2) is 15.6. The van der Waals surface area contributed by atoms with Gasteiger partial charge in [0.25, 0.3) is 5.56 Å². The summed E-state index contributed by atoms with van der Waals surface area (Å²) < 4.78 is 5.66. The number of hydrogen-bond donors (Lipinski definition) is 2. The highest BCUT2D eigenvalue weighted by Gasteiger charge is 2.36. The van der Waals surface area contributed by atoms with Crippen LogP contribution in [0.15, 0.2) is 108 Å². The maximum absolute atomic E-state index is 13.3. The van der Waals surface area contributed by atoms with Gasteiger partial charge in [-0.3, -0.25) is 14.2 Å². The van der Waals surface area contributed by atoms with Crippen LogP contribution in [0.5, 0.6) is 0 Å². The number of unbranched alkanes of at least 4 members (excludes halogenated alkanes) is 3. The summed E-state index contributed by atoms with van der Waals surface area (Å²) in [5.41, 5.74) is 6.96. The topological polar surface area (TPSA) is 124 Å². The zero-order chi connectivity index (χ0) is 43.7. The predicted molar refractivity (Wildman–Crippen MR) is 261 cm³/mol. The fraction of sp³-hybridized carbons (Fsp3) is 0.192. The van der Waals surface area contributed by atoms with E-state index in [1.807, 2.05) is 18.2 Å². The second-order valence-corrected chi connectivity index (χ2v) is 19.9. The quantitative estimate of drug-likeness (QED) is 0.131. The zero-order valence-corrected chi connectivity index (χ0v) is 37.3. The van der Waals surface area contributed by atoms with Crippen LogP contribution in [0.3, 0.4) is 0 Å². The Balaban J connectivity index is 1.03. The molecule has 11 heteroatoms. The van der Waals surface area contributed by atoms with E-state index in [4.69, 9.17) is 0 Å². The van der Waals surface area contributed by atoms with Crippen LogP contribution in [0.25, 0.3) is 73.9 Å². The maximum atomic E-state index is 13.3. The molecule has 1 aliphatic heterocycles. The Hall–Kier alpha value is -6.58. The van der Waals surface area contributed by atoms with E-state index in [0.717, 1.165) is 38.6 Å². The molecule has 10 rings (SSSR count). The van der Waals surface area contributed by atoms with Crippen molar-refractivity contribution in [2.75, 3.05) is 11.4 Å². The summed E-state index contributed by atoms with van der Waals surface area (Å²) in [4.78, 5) is 39.2. The number of fused-ring (bicyclic) bond motifs is 9. The van der Waals surface area contributed by atoms with Gasteiger partial charge in [-0.15, -0.1) is 34.0 Å². The number of aromatic nitrogens is 1. The van der Waals surface area contributed by atoms with Crippen LogP contribution in [-0.4, -0.2) is 33.3 Å². The highest BCUT2D eigenvalue weighted by atomic mass is 32.1. The molecule has 0 saturated carbocycles. The van der Waals surface area contributed by atoms with Crippen LogP contribution >= 0.6 is 34.0 Å². The van der Waals surface area contributed by atoms with Gasteiger partial charge < -0.3 is 15.1 Å². The number of benzene rings is 6. The van der Waals surface area contributed by atoms with Crippen molar-refractivity contribution in [3.05, 3.63) is 139 Å². The monoisotopic (exact) mass is 883 g/mol. The minimum absolute atomic E-state index is 0.138. The third-order valence-corrected chi connectivity index (χ3v) is 16.1. The minimum atomic E-state index is -1.53. The summed E-state index contributed by atoms with van der Waals surface area (Å²) in [6, 6.07) is 39.3. The lowest BCUT2D eigenvalue weighted by molar-refractivity contribution is -0.138. The third kappa shape index (κ3) is 6.90. The number of carboxylic acids is 2. The molecule has 8 nitrogen and oxygen atoms in total. The third-order valence-electron chi connectivity index (χ3n) is 12.5. The summed E-state index contributed by atoms with van der Waals surface area (Å²) in [6.07, 6.45) is 6.50. The van der Waals surface area contributed by atoms with Crippen molar-refractivity contribution < 1.29 is 19.8 Å². The van der Waals surface area contributed by atoms with Gasteiger partial charge in [0.1, 0.15) is 17.3 Å². The van der Waals surface area contributed by atoms with Crippen LogP contribution < -0.4 is 19.7 Å². The molecule has 9 aromatic rings. The minimum Gasteiger partial charge on any atom is -0.480 e. The number of nitrogens with zero attached hydrogens (tertiary/aromatic N) is 3. The van der Waals surface area contributed by atoms with Crippen molar-refractivity contribution in [1.82, 2.24) is 4.57 Å². The highest BCUT2D eigenvalue weighted by molar-refractivity contribution is 7.36. The van der Waals surface area contributed by atoms with Gasteiger partial charge in [0.2, 0.25) is 0 Å². The molecule has 0 bridgehead atoms. The number of carboxylic acid groups (broad SMARTS) is 2. The van der Waals surface area contributed by atoms with E-state index in [1.54, 1.807) is 34.8 Å². The van der Waals surface area contributed by atoms with Gasteiger partial charge in [-0.2, -0.15) is 5.26 Å². The molecule has 2 N–H and O–H groups in total. The lowest BCUT2D eigenvalue weighted by Gasteiger charge is -2.42. The SMILES string of the molecule is CCCCCCN1c2ccccc2C(C)(C)c2cc(-c3ccc4cc5sc6c7cc8cc(/C=c9/s/c(=C(\C#N)C(=O)O)n(CC(=O)O)c9=O)ccc8cc7sc6c5cc4c3)ccc21. The Morgan fingerprint density at radius 1 is 0.730 bits per heavy atom. The Morgan fingerprint density at radius 3 is 2.06 bits per heavy atom. The van der Waals surface area contributed by atoms with E-state index < -0.39 is 29.6 Å². The molecule has 1 aliphatic rings. The summed E-state index contributed by atoms with van der Waals surface area (Å²) in [5, 5.41) is 35.3. The van der Waals surface area contributed by atoms with Gasteiger partial charge in [0.15, 0.2) is 5.57 Å². The van der Waals surface area contributed by atoms with Gasteiger partial charge in [-0.25, -0.2) is 4.79 Å². The number of thiazole rings is 1. The Kier molecular flexibility index (Phi) is 10.1. The van der Waals surface area contributed by atoms with Gasteiger partial charge in [-0.1, -0.05) is 88.6 Å². The Bertz CT molecular complexity index is 3640. The smallest absolute Gasteiger partial charge is 0.349 e. The highest BCUT2D eigenvalue weighted by Crippen LogP contribution is 2.50. The van der Waals surface area contributed by atoms with Crippen molar-refractivity contribution in [1.29, 1.82) is 5.26 Å². The number of para-hydroxylation sites is 1. The van der Waals surface area contributed by atoms with E-state index in [9.17, 15) is 29.9 Å². The van der Waals surface area contributed by atoms with Crippen LogP contribution in [0.1, 0.15) is 63.1 Å². The molecule has 0 saturated heterocycles.